The largest absolute Gasteiger partial charge is 0.378 e. The van der Waals surface area contributed by atoms with Gasteiger partial charge in [-0.1, -0.05) is 0 Å². The van der Waals surface area contributed by atoms with Crippen molar-refractivity contribution < 1.29 is 9.85 Å². The second kappa shape index (κ2) is 6.92. The molecule has 2 aromatic rings. The van der Waals surface area contributed by atoms with Gasteiger partial charge in [0.25, 0.3) is 0 Å². The summed E-state index contributed by atoms with van der Waals surface area (Å²) in [6.45, 7) is 3.14. The van der Waals surface area contributed by atoms with Gasteiger partial charge in [0.2, 0.25) is 5.82 Å². The lowest BCUT2D eigenvalue weighted by atomic mass is 10.2. The highest BCUT2D eigenvalue weighted by atomic mass is 16.6. The van der Waals surface area contributed by atoms with Crippen molar-refractivity contribution in [2.24, 2.45) is 0 Å². The number of H-pyrrole nitrogens is 1. The van der Waals surface area contributed by atoms with Crippen molar-refractivity contribution in [2.75, 3.05) is 5.73 Å². The first-order valence-electron chi connectivity index (χ1n) is 5.93. The Morgan fingerprint density at radius 2 is 1.64 bits per heavy atom. The molecule has 0 unspecified atom stereocenters. The molecule has 0 aliphatic carbocycles. The summed E-state index contributed by atoms with van der Waals surface area (Å²) >= 11 is 0. The fourth-order valence-electron chi connectivity index (χ4n) is 1.60. The van der Waals surface area contributed by atoms with Gasteiger partial charge in [0.15, 0.2) is 0 Å². The number of nitrogens with zero attached hydrogens (tertiary/aromatic N) is 3. The standard InChI is InChI=1S/C6H7N3O2.C6H6N2O3/c1-4-2-3-8-6(7)5(4)9(10)11;1-4-2-3-7-6(9)5(4)8(10)11/h2-3H,1H3,(H2,7,8);2-3H,1H3,(H,7,9). The lowest BCUT2D eigenvalue weighted by Gasteiger charge is -1.97. The number of aromatic amines is 1. The molecule has 0 aliphatic heterocycles. The van der Waals surface area contributed by atoms with Crippen molar-refractivity contribution in [1.29, 1.82) is 0 Å². The summed E-state index contributed by atoms with van der Waals surface area (Å²) in [5.74, 6) is -0.0324. The van der Waals surface area contributed by atoms with Crippen LogP contribution in [0.5, 0.6) is 0 Å². The summed E-state index contributed by atoms with van der Waals surface area (Å²) in [5.41, 5.74) is 5.03. The van der Waals surface area contributed by atoms with Crippen molar-refractivity contribution in [3.05, 3.63) is 66.2 Å². The lowest BCUT2D eigenvalue weighted by molar-refractivity contribution is -0.386. The number of nitrogens with two attached hydrogens (primary N) is 1. The molecule has 0 saturated heterocycles. The first-order chi connectivity index (χ1) is 10.3. The third-order valence-corrected chi connectivity index (χ3v) is 2.66. The molecular weight excluding hydrogens is 294 g/mol. The van der Waals surface area contributed by atoms with Gasteiger partial charge in [0.05, 0.1) is 9.85 Å². The predicted octanol–water partition coefficient (Wildman–Crippen LogP) is 1.47. The molecule has 0 bridgehead atoms. The smallest absolute Gasteiger partial charge is 0.336 e. The highest BCUT2D eigenvalue weighted by molar-refractivity contribution is 5.56. The highest BCUT2D eigenvalue weighted by Gasteiger charge is 2.15. The monoisotopic (exact) mass is 307 g/mol. The van der Waals surface area contributed by atoms with E-state index >= 15 is 0 Å². The van der Waals surface area contributed by atoms with Gasteiger partial charge in [-0.25, -0.2) is 4.98 Å². The van der Waals surface area contributed by atoms with Crippen LogP contribution in [0.25, 0.3) is 0 Å². The number of aromatic nitrogens is 2. The number of anilines is 1. The summed E-state index contributed by atoms with van der Waals surface area (Å²) in [4.78, 5) is 35.9. The number of pyridine rings is 2. The second-order valence-corrected chi connectivity index (χ2v) is 4.21. The fourth-order valence-corrected chi connectivity index (χ4v) is 1.60. The van der Waals surface area contributed by atoms with Crippen molar-refractivity contribution in [2.45, 2.75) is 13.8 Å². The van der Waals surface area contributed by atoms with Crippen LogP contribution < -0.4 is 11.3 Å². The maximum absolute atomic E-state index is 10.8. The molecule has 2 heterocycles. The number of nitrogens with one attached hydrogen (secondary N) is 1. The van der Waals surface area contributed by atoms with Gasteiger partial charge in [-0.3, -0.25) is 25.0 Å². The Labute approximate surface area is 123 Å². The molecule has 10 nitrogen and oxygen atoms in total. The van der Waals surface area contributed by atoms with Crippen molar-refractivity contribution in [3.63, 3.8) is 0 Å². The van der Waals surface area contributed by atoms with Crippen LogP contribution in [0, 0.1) is 34.1 Å². The number of rotatable bonds is 2. The van der Waals surface area contributed by atoms with E-state index in [9.17, 15) is 25.0 Å². The van der Waals surface area contributed by atoms with Gasteiger partial charge in [-0.2, -0.15) is 0 Å². The van der Waals surface area contributed by atoms with Crippen molar-refractivity contribution >= 4 is 17.2 Å². The van der Waals surface area contributed by atoms with Crippen LogP contribution in [0.1, 0.15) is 11.1 Å². The van der Waals surface area contributed by atoms with E-state index in [0.717, 1.165) is 0 Å². The van der Waals surface area contributed by atoms with Crippen LogP contribution in [-0.4, -0.2) is 19.8 Å². The Kier molecular flexibility index (Phi) is 5.27. The average molecular weight is 307 g/mol. The van der Waals surface area contributed by atoms with E-state index in [-0.39, 0.29) is 17.2 Å². The Bertz CT molecular complexity index is 750. The van der Waals surface area contributed by atoms with E-state index in [0.29, 0.717) is 11.1 Å². The van der Waals surface area contributed by atoms with Gasteiger partial charge in [0.1, 0.15) is 0 Å². The van der Waals surface area contributed by atoms with E-state index in [1.807, 2.05) is 0 Å². The summed E-state index contributed by atoms with van der Waals surface area (Å²) in [7, 11) is 0. The zero-order valence-corrected chi connectivity index (χ0v) is 11.8. The molecule has 0 atom stereocenters. The van der Waals surface area contributed by atoms with E-state index in [4.69, 9.17) is 5.73 Å². The average Bonchev–Trinajstić information content (AvgIpc) is 2.38. The van der Waals surface area contributed by atoms with Crippen LogP contribution in [0.3, 0.4) is 0 Å². The molecule has 0 aliphatic rings. The third-order valence-electron chi connectivity index (χ3n) is 2.66. The molecule has 2 aromatic heterocycles. The van der Waals surface area contributed by atoms with E-state index in [1.165, 1.54) is 25.4 Å². The van der Waals surface area contributed by atoms with Crippen LogP contribution in [0.15, 0.2) is 29.3 Å². The molecule has 0 radical (unpaired) electrons. The molecule has 0 amide bonds. The quantitative estimate of drug-likeness (QED) is 0.627. The highest BCUT2D eigenvalue weighted by Crippen LogP contribution is 2.21. The number of nitrogen functional groups attached to an aromatic ring is 1. The van der Waals surface area contributed by atoms with E-state index < -0.39 is 15.4 Å². The van der Waals surface area contributed by atoms with Crippen LogP contribution in [0.2, 0.25) is 0 Å². The minimum atomic E-state index is -0.686. The van der Waals surface area contributed by atoms with Gasteiger partial charge in [0, 0.05) is 23.5 Å². The molecule has 0 fully saturated rings. The van der Waals surface area contributed by atoms with Crippen molar-refractivity contribution in [1.82, 2.24) is 9.97 Å². The van der Waals surface area contributed by atoms with Crippen LogP contribution in [-0.2, 0) is 0 Å². The Morgan fingerprint density at radius 3 is 2.00 bits per heavy atom. The molecule has 3 N–H and O–H groups in total. The Balaban J connectivity index is 0.000000220. The number of hydrogen-bond acceptors (Lipinski definition) is 7. The summed E-state index contributed by atoms with van der Waals surface area (Å²) in [6, 6.07) is 3.04. The molecule has 22 heavy (non-hydrogen) atoms. The maximum Gasteiger partial charge on any atom is 0.336 e. The van der Waals surface area contributed by atoms with Crippen LogP contribution in [0.4, 0.5) is 17.2 Å². The zero-order chi connectivity index (χ0) is 16.9. The molecule has 2 rings (SSSR count). The molecular formula is C12H13N5O5. The third kappa shape index (κ3) is 3.85. The molecule has 0 spiro atoms. The van der Waals surface area contributed by atoms with Crippen molar-refractivity contribution in [3.8, 4) is 0 Å². The minimum Gasteiger partial charge on any atom is -0.378 e. The SMILES string of the molecule is Cc1cc[nH]c(=O)c1[N+](=O)[O-].Cc1ccnc(N)c1[N+](=O)[O-]. The molecule has 10 heteroatoms. The summed E-state index contributed by atoms with van der Waals surface area (Å²) in [6.07, 6.45) is 2.82. The summed E-state index contributed by atoms with van der Waals surface area (Å²) in [5, 5.41) is 20.6. The topological polar surface area (TPSA) is 158 Å². The van der Waals surface area contributed by atoms with Gasteiger partial charge < -0.3 is 10.7 Å². The predicted molar refractivity (Wildman–Crippen MR) is 78.5 cm³/mol. The first kappa shape index (κ1) is 16.8. The van der Waals surface area contributed by atoms with Gasteiger partial charge in [-0.05, 0) is 26.0 Å². The maximum atomic E-state index is 10.8. The van der Waals surface area contributed by atoms with E-state index in [2.05, 4.69) is 9.97 Å². The second-order valence-electron chi connectivity index (χ2n) is 4.21. The summed E-state index contributed by atoms with van der Waals surface area (Å²) < 4.78 is 0. The lowest BCUT2D eigenvalue weighted by Crippen LogP contribution is -2.11. The van der Waals surface area contributed by atoms with Gasteiger partial charge in [-0.15, -0.1) is 0 Å². The van der Waals surface area contributed by atoms with Gasteiger partial charge >= 0.3 is 16.9 Å². The Morgan fingerprint density at radius 1 is 1.09 bits per heavy atom. The Hall–Kier alpha value is -3.30. The normalized spacial score (nSPS) is 9.55. The fraction of sp³-hybridized carbons (Fsp3) is 0.167. The number of aryl methyl sites for hydroxylation is 2. The first-order valence-corrected chi connectivity index (χ1v) is 5.93. The number of nitro groups is 2. The molecule has 0 aromatic carbocycles. The zero-order valence-electron chi connectivity index (χ0n) is 11.8. The van der Waals surface area contributed by atoms with Crippen LogP contribution >= 0.6 is 0 Å². The van der Waals surface area contributed by atoms with E-state index in [1.54, 1.807) is 13.0 Å². The minimum absolute atomic E-state index is 0.0324. The molecule has 0 saturated carbocycles. The number of hydrogen-bond donors (Lipinski definition) is 2. The molecule has 116 valence electrons.